The molecular formula is C20H20F5N3O2. The highest BCUT2D eigenvalue weighted by Crippen LogP contribution is 2.29. The molecule has 0 aromatic heterocycles. The third-order valence-electron chi connectivity index (χ3n) is 4.39. The molecule has 1 atom stereocenters. The van der Waals surface area contributed by atoms with Crippen molar-refractivity contribution in [2.75, 3.05) is 23.7 Å². The molecule has 162 valence electrons. The normalized spacial score (nSPS) is 12.5. The molecule has 0 bridgehead atoms. The van der Waals surface area contributed by atoms with E-state index < -0.39 is 46.9 Å². The molecule has 2 N–H and O–H groups in total. The zero-order chi connectivity index (χ0) is 22.5. The van der Waals surface area contributed by atoms with E-state index >= 15 is 0 Å². The van der Waals surface area contributed by atoms with Crippen LogP contribution in [0.5, 0.6) is 0 Å². The van der Waals surface area contributed by atoms with Gasteiger partial charge in [0.15, 0.2) is 0 Å². The van der Waals surface area contributed by atoms with Crippen LogP contribution < -0.4 is 10.6 Å². The van der Waals surface area contributed by atoms with Gasteiger partial charge in [-0.1, -0.05) is 13.0 Å². The largest absolute Gasteiger partial charge is 0.416 e. The number of alkyl halides is 3. The second-order valence-electron chi connectivity index (χ2n) is 6.45. The Balaban J connectivity index is 2.00. The summed E-state index contributed by atoms with van der Waals surface area (Å²) >= 11 is 0. The number of hydrogen-bond donors (Lipinski definition) is 2. The van der Waals surface area contributed by atoms with Crippen molar-refractivity contribution in [2.45, 2.75) is 26.1 Å². The van der Waals surface area contributed by atoms with Crippen molar-refractivity contribution in [1.82, 2.24) is 4.90 Å². The molecule has 10 heteroatoms. The Morgan fingerprint density at radius 2 is 1.57 bits per heavy atom. The molecule has 2 aromatic carbocycles. The number of para-hydroxylation sites is 1. The first-order valence-electron chi connectivity index (χ1n) is 8.99. The number of nitrogens with zero attached hydrogens (tertiary/aromatic N) is 1. The number of nitrogens with one attached hydrogen (secondary N) is 2. The number of halogens is 5. The smallest absolute Gasteiger partial charge is 0.325 e. The fourth-order valence-corrected chi connectivity index (χ4v) is 2.66. The highest BCUT2D eigenvalue weighted by Gasteiger charge is 2.30. The summed E-state index contributed by atoms with van der Waals surface area (Å²) < 4.78 is 65.1. The molecule has 30 heavy (non-hydrogen) atoms. The van der Waals surface area contributed by atoms with Crippen LogP contribution in [-0.4, -0.2) is 35.8 Å². The van der Waals surface area contributed by atoms with Gasteiger partial charge in [-0.05, 0) is 49.9 Å². The SMILES string of the molecule is CCN(CC(=O)Nc1c(F)cccc1F)C(C)C(=O)Nc1ccc(C(F)(F)F)cc1. The molecular weight excluding hydrogens is 409 g/mol. The Labute approximate surface area is 169 Å². The third kappa shape index (κ3) is 5.99. The lowest BCUT2D eigenvalue weighted by Gasteiger charge is -2.26. The van der Waals surface area contributed by atoms with Crippen LogP contribution in [0, 0.1) is 11.6 Å². The number of carbonyl (C=O) groups is 2. The molecule has 0 heterocycles. The maximum Gasteiger partial charge on any atom is 0.416 e. The zero-order valence-electron chi connectivity index (χ0n) is 16.2. The lowest BCUT2D eigenvalue weighted by molar-refractivity contribution is -0.137. The molecule has 0 aliphatic heterocycles. The second-order valence-corrected chi connectivity index (χ2v) is 6.45. The molecule has 0 radical (unpaired) electrons. The number of carbonyl (C=O) groups excluding carboxylic acids is 2. The van der Waals surface area contributed by atoms with Crippen molar-refractivity contribution in [3.63, 3.8) is 0 Å². The molecule has 0 aliphatic carbocycles. The van der Waals surface area contributed by atoms with Crippen LogP contribution >= 0.6 is 0 Å². The molecule has 2 aromatic rings. The van der Waals surface area contributed by atoms with E-state index in [9.17, 15) is 31.5 Å². The Hall–Kier alpha value is -3.01. The lowest BCUT2D eigenvalue weighted by Crippen LogP contribution is -2.45. The monoisotopic (exact) mass is 429 g/mol. The van der Waals surface area contributed by atoms with Crippen LogP contribution in [-0.2, 0) is 15.8 Å². The number of amides is 2. The number of benzene rings is 2. The van der Waals surface area contributed by atoms with Crippen LogP contribution in [0.2, 0.25) is 0 Å². The zero-order valence-corrected chi connectivity index (χ0v) is 16.2. The van der Waals surface area contributed by atoms with E-state index in [1.54, 1.807) is 6.92 Å². The maximum absolute atomic E-state index is 13.7. The van der Waals surface area contributed by atoms with E-state index in [1.165, 1.54) is 11.8 Å². The van der Waals surface area contributed by atoms with Crippen molar-refractivity contribution in [1.29, 1.82) is 0 Å². The highest BCUT2D eigenvalue weighted by molar-refractivity contribution is 5.96. The summed E-state index contributed by atoms with van der Waals surface area (Å²) in [4.78, 5) is 26.0. The molecule has 0 aliphatic rings. The second kappa shape index (κ2) is 9.66. The van der Waals surface area contributed by atoms with Crippen LogP contribution in [0.25, 0.3) is 0 Å². The van der Waals surface area contributed by atoms with E-state index in [1.807, 2.05) is 0 Å². The van der Waals surface area contributed by atoms with Crippen LogP contribution in [0.4, 0.5) is 33.3 Å². The van der Waals surface area contributed by atoms with Crippen molar-refractivity contribution in [3.8, 4) is 0 Å². The average Bonchev–Trinajstić information content (AvgIpc) is 2.68. The van der Waals surface area contributed by atoms with Gasteiger partial charge in [0, 0.05) is 5.69 Å². The van der Waals surface area contributed by atoms with E-state index in [0.717, 1.165) is 42.5 Å². The van der Waals surface area contributed by atoms with Gasteiger partial charge in [-0.25, -0.2) is 8.78 Å². The Morgan fingerprint density at radius 3 is 2.07 bits per heavy atom. The molecule has 0 saturated carbocycles. The molecule has 2 rings (SSSR count). The molecule has 1 unspecified atom stereocenters. The van der Waals surface area contributed by atoms with Crippen LogP contribution in [0.3, 0.4) is 0 Å². The average molecular weight is 429 g/mol. The first-order chi connectivity index (χ1) is 14.0. The summed E-state index contributed by atoms with van der Waals surface area (Å²) in [5.74, 6) is -3.14. The van der Waals surface area contributed by atoms with Gasteiger partial charge in [-0.2, -0.15) is 13.2 Å². The number of anilines is 2. The van der Waals surface area contributed by atoms with E-state index in [0.29, 0.717) is 0 Å². The number of rotatable bonds is 7. The Bertz CT molecular complexity index is 880. The first-order valence-corrected chi connectivity index (χ1v) is 8.99. The predicted octanol–water partition coefficient (Wildman–Crippen LogP) is 4.27. The van der Waals surface area contributed by atoms with Gasteiger partial charge in [0.25, 0.3) is 0 Å². The van der Waals surface area contributed by atoms with Gasteiger partial charge in [0.05, 0.1) is 18.2 Å². The Kier molecular flexibility index (Phi) is 7.49. The van der Waals surface area contributed by atoms with Gasteiger partial charge in [0.2, 0.25) is 11.8 Å². The standard InChI is InChI=1S/C20H20F5N3O2/c1-3-28(11-17(29)27-18-15(21)5-4-6-16(18)22)12(2)19(30)26-14-9-7-13(8-10-14)20(23,24)25/h4-10,12H,3,11H2,1-2H3,(H,26,30)(H,27,29). The summed E-state index contributed by atoms with van der Waals surface area (Å²) in [5.41, 5.74) is -1.27. The minimum absolute atomic E-state index is 0.161. The van der Waals surface area contributed by atoms with Gasteiger partial charge < -0.3 is 10.6 Å². The molecule has 5 nitrogen and oxygen atoms in total. The van der Waals surface area contributed by atoms with E-state index in [-0.39, 0.29) is 18.8 Å². The van der Waals surface area contributed by atoms with E-state index in [2.05, 4.69) is 10.6 Å². The minimum atomic E-state index is -4.49. The summed E-state index contributed by atoms with van der Waals surface area (Å²) in [6.07, 6.45) is -4.49. The fraction of sp³-hybridized carbons (Fsp3) is 0.300. The number of hydrogen-bond acceptors (Lipinski definition) is 3. The lowest BCUT2D eigenvalue weighted by atomic mass is 10.2. The van der Waals surface area contributed by atoms with Gasteiger partial charge >= 0.3 is 6.18 Å². The summed E-state index contributed by atoms with van der Waals surface area (Å²) in [6, 6.07) is 6.24. The summed E-state index contributed by atoms with van der Waals surface area (Å²) in [5, 5.41) is 4.61. The summed E-state index contributed by atoms with van der Waals surface area (Å²) in [7, 11) is 0. The maximum atomic E-state index is 13.7. The Morgan fingerprint density at radius 1 is 1.00 bits per heavy atom. The van der Waals surface area contributed by atoms with Crippen molar-refractivity contribution in [3.05, 3.63) is 59.7 Å². The van der Waals surface area contributed by atoms with Crippen LogP contribution in [0.1, 0.15) is 19.4 Å². The van der Waals surface area contributed by atoms with Gasteiger partial charge in [-0.15, -0.1) is 0 Å². The summed E-state index contributed by atoms with van der Waals surface area (Å²) in [6.45, 7) is 3.11. The van der Waals surface area contributed by atoms with E-state index in [4.69, 9.17) is 0 Å². The highest BCUT2D eigenvalue weighted by atomic mass is 19.4. The van der Waals surface area contributed by atoms with Gasteiger partial charge in [-0.3, -0.25) is 14.5 Å². The van der Waals surface area contributed by atoms with Crippen molar-refractivity contribution >= 4 is 23.2 Å². The topological polar surface area (TPSA) is 61.4 Å². The van der Waals surface area contributed by atoms with Crippen molar-refractivity contribution < 1.29 is 31.5 Å². The van der Waals surface area contributed by atoms with Crippen LogP contribution in [0.15, 0.2) is 42.5 Å². The molecule has 0 spiro atoms. The van der Waals surface area contributed by atoms with Crippen molar-refractivity contribution in [2.24, 2.45) is 0 Å². The van der Waals surface area contributed by atoms with Gasteiger partial charge in [0.1, 0.15) is 17.3 Å². The molecule has 2 amide bonds. The first kappa shape index (κ1) is 23.3. The molecule has 0 fully saturated rings. The number of likely N-dealkylation sites (N-methyl/N-ethyl adjacent to an activating group) is 1. The quantitative estimate of drug-likeness (QED) is 0.647. The molecule has 0 saturated heterocycles. The third-order valence-corrected chi connectivity index (χ3v) is 4.39. The predicted molar refractivity (Wildman–Crippen MR) is 102 cm³/mol. The minimum Gasteiger partial charge on any atom is -0.325 e. The fourth-order valence-electron chi connectivity index (χ4n) is 2.66.